The maximum atomic E-state index is 12.5. The van der Waals surface area contributed by atoms with E-state index in [1.807, 2.05) is 24.3 Å². The number of amides is 1. The quantitative estimate of drug-likeness (QED) is 0.630. The Morgan fingerprint density at radius 2 is 1.71 bits per heavy atom. The van der Waals surface area contributed by atoms with E-state index in [0.29, 0.717) is 13.0 Å². The largest absolute Gasteiger partial charge is 0.352 e. The van der Waals surface area contributed by atoms with Crippen LogP contribution < -0.4 is 5.32 Å². The van der Waals surface area contributed by atoms with Gasteiger partial charge in [0.1, 0.15) is 0 Å². The number of rotatable bonds is 9. The predicted molar refractivity (Wildman–Crippen MR) is 125 cm³/mol. The zero-order valence-corrected chi connectivity index (χ0v) is 19.1. The molecule has 0 bridgehead atoms. The number of carbonyl (C=O) groups is 2. The lowest BCUT2D eigenvalue weighted by Gasteiger charge is -2.32. The Kier molecular flexibility index (Phi) is 8.38. The average Bonchev–Trinajstić information content (AvgIpc) is 2.74. The van der Waals surface area contributed by atoms with Gasteiger partial charge in [-0.2, -0.15) is 0 Å². The van der Waals surface area contributed by atoms with Crippen molar-refractivity contribution in [3.63, 3.8) is 0 Å². The molecular formula is C26H35N3O2. The van der Waals surface area contributed by atoms with Crippen LogP contribution in [0.2, 0.25) is 0 Å². The Balaban J connectivity index is 1.54. The summed E-state index contributed by atoms with van der Waals surface area (Å²) in [6.45, 7) is 9.52. The van der Waals surface area contributed by atoms with Gasteiger partial charge in [-0.05, 0) is 42.6 Å². The number of hydrogen-bond donors (Lipinski definition) is 1. The summed E-state index contributed by atoms with van der Waals surface area (Å²) in [5.41, 5.74) is 5.19. The molecule has 5 heteroatoms. The van der Waals surface area contributed by atoms with Crippen LogP contribution in [-0.2, 0) is 30.7 Å². The minimum atomic E-state index is 0.0180. The molecule has 0 atom stereocenters. The number of benzene rings is 2. The molecule has 0 aliphatic carbocycles. The number of ketones is 1. The maximum Gasteiger partial charge on any atom is 0.224 e. The number of Topliss-reactive ketones (excluding diaryl/α,β-unsaturated/α-hetero) is 1. The van der Waals surface area contributed by atoms with Gasteiger partial charge in [0.25, 0.3) is 0 Å². The molecule has 2 aromatic carbocycles. The molecule has 1 saturated heterocycles. The highest BCUT2D eigenvalue weighted by Crippen LogP contribution is 2.16. The molecule has 5 nitrogen and oxygen atoms in total. The fraction of sp³-hybridized carbons (Fsp3) is 0.462. The lowest BCUT2D eigenvalue weighted by atomic mass is 9.98. The van der Waals surface area contributed by atoms with Crippen LogP contribution in [0.5, 0.6) is 0 Å². The van der Waals surface area contributed by atoms with Crippen LogP contribution in [0.25, 0.3) is 0 Å². The van der Waals surface area contributed by atoms with Gasteiger partial charge in [0.15, 0.2) is 5.78 Å². The molecule has 0 aromatic heterocycles. The van der Waals surface area contributed by atoms with Gasteiger partial charge in [0.05, 0.1) is 6.42 Å². The van der Waals surface area contributed by atoms with E-state index in [0.717, 1.165) is 67.8 Å². The van der Waals surface area contributed by atoms with Crippen molar-refractivity contribution in [2.24, 2.45) is 0 Å². The standard InChI is InChI=1S/C26H35N3O2/c1-4-6-24-16-22(9-10-25(24)20(2)30)18-27-26(31)17-21-7-5-8-23(15-21)19-29-13-11-28(3)12-14-29/h5,7-10,15-16H,4,6,11-14,17-19H2,1-3H3,(H,27,31). The monoisotopic (exact) mass is 421 g/mol. The van der Waals surface area contributed by atoms with Crippen LogP contribution >= 0.6 is 0 Å². The number of hydrogen-bond acceptors (Lipinski definition) is 4. The number of nitrogens with zero attached hydrogens (tertiary/aromatic N) is 2. The summed E-state index contributed by atoms with van der Waals surface area (Å²) in [4.78, 5) is 29.2. The Hall–Kier alpha value is -2.50. The number of carbonyl (C=O) groups excluding carboxylic acids is 2. The first-order chi connectivity index (χ1) is 14.9. The number of nitrogens with one attached hydrogen (secondary N) is 1. The third kappa shape index (κ3) is 7.01. The van der Waals surface area contributed by atoms with Gasteiger partial charge in [-0.15, -0.1) is 0 Å². The van der Waals surface area contributed by atoms with Crippen molar-refractivity contribution in [2.75, 3.05) is 33.2 Å². The summed E-state index contributed by atoms with van der Waals surface area (Å²) < 4.78 is 0. The highest BCUT2D eigenvalue weighted by Gasteiger charge is 2.14. The van der Waals surface area contributed by atoms with Gasteiger partial charge in [-0.1, -0.05) is 55.8 Å². The molecular weight excluding hydrogens is 386 g/mol. The fourth-order valence-corrected chi connectivity index (χ4v) is 4.13. The van der Waals surface area contributed by atoms with E-state index in [1.165, 1.54) is 5.56 Å². The second-order valence-electron chi connectivity index (χ2n) is 8.65. The molecule has 3 rings (SSSR count). The third-order valence-corrected chi connectivity index (χ3v) is 5.92. The lowest BCUT2D eigenvalue weighted by molar-refractivity contribution is -0.120. The van der Waals surface area contributed by atoms with E-state index < -0.39 is 0 Å². The first-order valence-corrected chi connectivity index (χ1v) is 11.3. The van der Waals surface area contributed by atoms with Gasteiger partial charge < -0.3 is 10.2 Å². The maximum absolute atomic E-state index is 12.5. The Labute approximate surface area is 186 Å². The summed E-state index contributed by atoms with van der Waals surface area (Å²) in [7, 11) is 2.17. The molecule has 1 aliphatic heterocycles. The van der Waals surface area contributed by atoms with Crippen molar-refractivity contribution in [2.45, 2.75) is 46.2 Å². The van der Waals surface area contributed by atoms with E-state index in [4.69, 9.17) is 0 Å². The molecule has 166 valence electrons. The van der Waals surface area contributed by atoms with Crippen molar-refractivity contribution in [1.29, 1.82) is 0 Å². The van der Waals surface area contributed by atoms with Crippen molar-refractivity contribution in [3.8, 4) is 0 Å². The first-order valence-electron chi connectivity index (χ1n) is 11.3. The highest BCUT2D eigenvalue weighted by molar-refractivity contribution is 5.95. The number of piperazine rings is 1. The molecule has 0 unspecified atom stereocenters. The molecule has 31 heavy (non-hydrogen) atoms. The van der Waals surface area contributed by atoms with Crippen molar-refractivity contribution in [3.05, 3.63) is 70.3 Å². The summed E-state index contributed by atoms with van der Waals surface area (Å²) in [6, 6.07) is 14.2. The van der Waals surface area contributed by atoms with Crippen molar-refractivity contribution < 1.29 is 9.59 Å². The normalized spacial score (nSPS) is 15.1. The van der Waals surface area contributed by atoms with Crippen LogP contribution in [0.3, 0.4) is 0 Å². The van der Waals surface area contributed by atoms with Gasteiger partial charge in [0.2, 0.25) is 5.91 Å². The second-order valence-corrected chi connectivity index (χ2v) is 8.65. The van der Waals surface area contributed by atoms with Crippen molar-refractivity contribution >= 4 is 11.7 Å². The van der Waals surface area contributed by atoms with E-state index in [2.05, 4.69) is 47.3 Å². The molecule has 1 amide bonds. The van der Waals surface area contributed by atoms with E-state index in [1.54, 1.807) is 6.92 Å². The van der Waals surface area contributed by atoms with Crippen LogP contribution in [0.4, 0.5) is 0 Å². The topological polar surface area (TPSA) is 52.7 Å². The predicted octanol–water partition coefficient (Wildman–Crippen LogP) is 3.45. The fourth-order valence-electron chi connectivity index (χ4n) is 4.13. The number of likely N-dealkylation sites (N-methyl/N-ethyl adjacent to an activating group) is 1. The second kappa shape index (κ2) is 11.2. The Bertz CT molecular complexity index is 901. The molecule has 2 aromatic rings. The molecule has 1 N–H and O–H groups in total. The smallest absolute Gasteiger partial charge is 0.224 e. The molecule has 0 radical (unpaired) electrons. The SMILES string of the molecule is CCCc1cc(CNC(=O)Cc2cccc(CN3CCN(C)CC3)c2)ccc1C(C)=O. The highest BCUT2D eigenvalue weighted by atomic mass is 16.1. The molecule has 0 spiro atoms. The summed E-state index contributed by atoms with van der Waals surface area (Å²) >= 11 is 0. The molecule has 1 heterocycles. The lowest BCUT2D eigenvalue weighted by Crippen LogP contribution is -2.43. The minimum Gasteiger partial charge on any atom is -0.352 e. The Morgan fingerprint density at radius 1 is 0.968 bits per heavy atom. The van der Waals surface area contributed by atoms with Gasteiger partial charge in [0, 0.05) is 44.8 Å². The summed E-state index contributed by atoms with van der Waals surface area (Å²) in [5, 5.41) is 3.03. The van der Waals surface area contributed by atoms with Gasteiger partial charge >= 0.3 is 0 Å². The summed E-state index contributed by atoms with van der Waals surface area (Å²) in [6.07, 6.45) is 2.24. The van der Waals surface area contributed by atoms with Crippen molar-refractivity contribution in [1.82, 2.24) is 15.1 Å². The van der Waals surface area contributed by atoms with E-state index in [9.17, 15) is 9.59 Å². The third-order valence-electron chi connectivity index (χ3n) is 5.92. The molecule has 0 saturated carbocycles. The van der Waals surface area contributed by atoms with Crippen LogP contribution in [0, 0.1) is 0 Å². The molecule has 1 aliphatic rings. The zero-order valence-electron chi connectivity index (χ0n) is 19.1. The minimum absolute atomic E-state index is 0.0180. The number of aryl methyl sites for hydroxylation is 1. The van der Waals surface area contributed by atoms with E-state index >= 15 is 0 Å². The Morgan fingerprint density at radius 3 is 2.42 bits per heavy atom. The molecule has 1 fully saturated rings. The van der Waals surface area contributed by atoms with Gasteiger partial charge in [-0.25, -0.2) is 0 Å². The van der Waals surface area contributed by atoms with Gasteiger partial charge in [-0.3, -0.25) is 14.5 Å². The first kappa shape index (κ1) is 23.2. The van der Waals surface area contributed by atoms with Crippen LogP contribution in [0.15, 0.2) is 42.5 Å². The zero-order chi connectivity index (χ0) is 22.2. The summed E-state index contributed by atoms with van der Waals surface area (Å²) in [5.74, 6) is 0.111. The van der Waals surface area contributed by atoms with Crippen LogP contribution in [-0.4, -0.2) is 54.7 Å². The van der Waals surface area contributed by atoms with Crippen LogP contribution in [0.1, 0.15) is 52.9 Å². The average molecular weight is 422 g/mol. The van der Waals surface area contributed by atoms with E-state index in [-0.39, 0.29) is 11.7 Å².